The number of hydrogen-bond acceptors (Lipinski definition) is 5. The van der Waals surface area contributed by atoms with Crippen LogP contribution in [0.2, 0.25) is 0 Å². The van der Waals surface area contributed by atoms with Gasteiger partial charge in [0.2, 0.25) is 17.7 Å². The number of carbonyl (C=O) groups excluding carboxylic acids is 3. The molecule has 27 heavy (non-hydrogen) atoms. The van der Waals surface area contributed by atoms with Gasteiger partial charge < -0.3 is 26.4 Å². The number of carbonyl (C=O) groups is 4. The molecule has 0 aromatic carbocycles. The van der Waals surface area contributed by atoms with Gasteiger partial charge in [-0.1, -0.05) is 27.7 Å². The number of aliphatic carboxylic acids is 1. The van der Waals surface area contributed by atoms with Crippen LogP contribution in [0.15, 0.2) is 0 Å². The van der Waals surface area contributed by atoms with Gasteiger partial charge in [0.25, 0.3) is 0 Å². The summed E-state index contributed by atoms with van der Waals surface area (Å²) in [5.74, 6) is -2.54. The monoisotopic (exact) mass is 384 g/mol. The fourth-order valence-corrected chi connectivity index (χ4v) is 2.91. The predicted molar refractivity (Wildman–Crippen MR) is 99.8 cm³/mol. The number of carboxylic acids is 1. The van der Waals surface area contributed by atoms with E-state index in [9.17, 15) is 24.3 Å². The van der Waals surface area contributed by atoms with Gasteiger partial charge in [-0.2, -0.15) is 0 Å². The highest BCUT2D eigenvalue weighted by atomic mass is 16.4. The summed E-state index contributed by atoms with van der Waals surface area (Å²) < 4.78 is 0. The second-order valence-corrected chi connectivity index (χ2v) is 7.68. The molecule has 3 atom stereocenters. The Kier molecular flexibility index (Phi) is 9.20. The molecule has 1 aliphatic rings. The van der Waals surface area contributed by atoms with Crippen LogP contribution in [0, 0.1) is 11.8 Å². The lowest BCUT2D eigenvalue weighted by molar-refractivity contribution is -0.143. The van der Waals surface area contributed by atoms with Gasteiger partial charge in [-0.25, -0.2) is 4.79 Å². The molecule has 0 aromatic heterocycles. The van der Waals surface area contributed by atoms with E-state index in [0.717, 1.165) is 19.4 Å². The Morgan fingerprint density at radius 2 is 1.78 bits per heavy atom. The molecule has 0 bridgehead atoms. The van der Waals surface area contributed by atoms with Crippen molar-refractivity contribution in [3.05, 3.63) is 0 Å². The van der Waals surface area contributed by atoms with E-state index in [-0.39, 0.29) is 30.3 Å². The van der Waals surface area contributed by atoms with Gasteiger partial charge in [-0.3, -0.25) is 14.4 Å². The molecule has 9 heteroatoms. The minimum Gasteiger partial charge on any atom is -0.480 e. The molecule has 5 N–H and O–H groups in total. The standard InChI is InChI=1S/C18H32N4O5/c1-10(2)8-13(18(26)27)21-17(25)15(11(3)4)22-14(23)9-20-16(24)12-6-5-7-19-12/h10-13,15,19H,5-9H2,1-4H3,(H,20,24)(H,21,25)(H,22,23)(H,26,27). The zero-order valence-corrected chi connectivity index (χ0v) is 16.5. The molecule has 154 valence electrons. The highest BCUT2D eigenvalue weighted by Crippen LogP contribution is 2.08. The highest BCUT2D eigenvalue weighted by molar-refractivity contribution is 5.92. The van der Waals surface area contributed by atoms with Crippen molar-refractivity contribution in [3.63, 3.8) is 0 Å². The van der Waals surface area contributed by atoms with E-state index in [1.807, 2.05) is 13.8 Å². The molecule has 0 aromatic rings. The third-order valence-electron chi connectivity index (χ3n) is 4.39. The van der Waals surface area contributed by atoms with Gasteiger partial charge in [0.1, 0.15) is 12.1 Å². The summed E-state index contributed by atoms with van der Waals surface area (Å²) in [5, 5.41) is 19.9. The van der Waals surface area contributed by atoms with E-state index in [0.29, 0.717) is 6.42 Å². The van der Waals surface area contributed by atoms with Crippen LogP contribution in [0.5, 0.6) is 0 Å². The van der Waals surface area contributed by atoms with E-state index >= 15 is 0 Å². The van der Waals surface area contributed by atoms with E-state index in [1.165, 1.54) is 0 Å². The van der Waals surface area contributed by atoms with Crippen molar-refractivity contribution >= 4 is 23.7 Å². The first-order chi connectivity index (χ1) is 12.6. The van der Waals surface area contributed by atoms with Gasteiger partial charge in [0.05, 0.1) is 12.6 Å². The number of rotatable bonds is 10. The normalized spacial score (nSPS) is 18.8. The molecule has 1 fully saturated rings. The van der Waals surface area contributed by atoms with Crippen LogP contribution in [-0.2, 0) is 19.2 Å². The van der Waals surface area contributed by atoms with Crippen LogP contribution in [0.3, 0.4) is 0 Å². The molecule has 0 aliphatic carbocycles. The summed E-state index contributed by atoms with van der Waals surface area (Å²) in [6, 6.07) is -2.17. The van der Waals surface area contributed by atoms with Crippen molar-refractivity contribution in [2.24, 2.45) is 11.8 Å². The van der Waals surface area contributed by atoms with Crippen LogP contribution in [-0.4, -0.2) is 60.0 Å². The Labute approximate surface area is 160 Å². The van der Waals surface area contributed by atoms with E-state index in [4.69, 9.17) is 0 Å². The third kappa shape index (κ3) is 7.94. The maximum atomic E-state index is 12.5. The zero-order chi connectivity index (χ0) is 20.6. The van der Waals surface area contributed by atoms with Crippen molar-refractivity contribution in [2.75, 3.05) is 13.1 Å². The average molecular weight is 384 g/mol. The van der Waals surface area contributed by atoms with Crippen molar-refractivity contribution in [1.82, 2.24) is 21.3 Å². The highest BCUT2D eigenvalue weighted by Gasteiger charge is 2.29. The molecule has 1 saturated heterocycles. The van der Waals surface area contributed by atoms with Gasteiger partial charge >= 0.3 is 5.97 Å². The van der Waals surface area contributed by atoms with Gasteiger partial charge in [0.15, 0.2) is 0 Å². The summed E-state index contributed by atoms with van der Waals surface area (Å²) in [4.78, 5) is 47.9. The molecule has 1 rings (SSSR count). The summed E-state index contributed by atoms with van der Waals surface area (Å²) >= 11 is 0. The van der Waals surface area contributed by atoms with Crippen LogP contribution in [0.4, 0.5) is 0 Å². The molecular formula is C18H32N4O5. The summed E-state index contributed by atoms with van der Waals surface area (Å²) in [6.07, 6.45) is 1.95. The predicted octanol–water partition coefficient (Wildman–Crippen LogP) is -0.389. The maximum Gasteiger partial charge on any atom is 0.326 e. The molecule has 0 saturated carbocycles. The average Bonchev–Trinajstić information content (AvgIpc) is 3.10. The molecule has 1 aliphatic heterocycles. The van der Waals surface area contributed by atoms with Crippen molar-refractivity contribution in [2.45, 2.75) is 65.1 Å². The van der Waals surface area contributed by atoms with Gasteiger partial charge in [0, 0.05) is 0 Å². The summed E-state index contributed by atoms with van der Waals surface area (Å²) in [5.41, 5.74) is 0. The largest absolute Gasteiger partial charge is 0.480 e. The fourth-order valence-electron chi connectivity index (χ4n) is 2.91. The molecule has 0 radical (unpaired) electrons. The zero-order valence-electron chi connectivity index (χ0n) is 16.5. The number of amides is 3. The summed E-state index contributed by atoms with van der Waals surface area (Å²) in [6.45, 7) is 7.79. The first-order valence-electron chi connectivity index (χ1n) is 9.45. The van der Waals surface area contributed by atoms with Gasteiger partial charge in [-0.05, 0) is 37.6 Å². The van der Waals surface area contributed by atoms with E-state index in [2.05, 4.69) is 21.3 Å². The molecule has 3 unspecified atom stereocenters. The van der Waals surface area contributed by atoms with E-state index in [1.54, 1.807) is 13.8 Å². The number of hydrogen-bond donors (Lipinski definition) is 5. The van der Waals surface area contributed by atoms with Crippen LogP contribution < -0.4 is 21.3 Å². The lowest BCUT2D eigenvalue weighted by atomic mass is 10.0. The Balaban J connectivity index is 2.57. The molecule has 1 heterocycles. The molecule has 9 nitrogen and oxygen atoms in total. The van der Waals surface area contributed by atoms with Crippen LogP contribution in [0.1, 0.15) is 47.0 Å². The first-order valence-corrected chi connectivity index (χ1v) is 9.45. The first kappa shape index (κ1) is 22.9. The van der Waals surface area contributed by atoms with E-state index < -0.39 is 29.9 Å². The summed E-state index contributed by atoms with van der Waals surface area (Å²) in [7, 11) is 0. The SMILES string of the molecule is CC(C)CC(NC(=O)C(NC(=O)CNC(=O)C1CCCN1)C(C)C)C(=O)O. The fraction of sp³-hybridized carbons (Fsp3) is 0.778. The number of carboxylic acid groups (broad SMARTS) is 1. The number of nitrogens with one attached hydrogen (secondary N) is 4. The van der Waals surface area contributed by atoms with Crippen molar-refractivity contribution in [3.8, 4) is 0 Å². The van der Waals surface area contributed by atoms with Crippen LogP contribution >= 0.6 is 0 Å². The molecular weight excluding hydrogens is 352 g/mol. The Morgan fingerprint density at radius 3 is 2.26 bits per heavy atom. The van der Waals surface area contributed by atoms with Crippen molar-refractivity contribution < 1.29 is 24.3 Å². The molecule has 3 amide bonds. The smallest absolute Gasteiger partial charge is 0.326 e. The van der Waals surface area contributed by atoms with Crippen molar-refractivity contribution in [1.29, 1.82) is 0 Å². The second kappa shape index (κ2) is 10.9. The second-order valence-electron chi connectivity index (χ2n) is 7.68. The third-order valence-corrected chi connectivity index (χ3v) is 4.39. The Bertz CT molecular complexity index is 544. The lowest BCUT2D eigenvalue weighted by Crippen LogP contribution is -2.55. The van der Waals surface area contributed by atoms with Gasteiger partial charge in [-0.15, -0.1) is 0 Å². The Hall–Kier alpha value is -2.16. The molecule has 0 spiro atoms. The maximum absolute atomic E-state index is 12.5. The lowest BCUT2D eigenvalue weighted by Gasteiger charge is -2.25. The van der Waals surface area contributed by atoms with Crippen LogP contribution in [0.25, 0.3) is 0 Å². The topological polar surface area (TPSA) is 137 Å². The Morgan fingerprint density at radius 1 is 1.11 bits per heavy atom. The minimum atomic E-state index is -1.11. The quantitative estimate of drug-likeness (QED) is 0.348. The minimum absolute atomic E-state index is 0.0953.